The molecule has 300 valence electrons. The lowest BCUT2D eigenvalue weighted by atomic mass is 9.61. The normalized spacial score (nSPS) is 14.3. The first-order valence-corrected chi connectivity index (χ1v) is 22.1. The molecule has 1 aliphatic carbocycles. The Morgan fingerprint density at radius 3 is 1.65 bits per heavy atom. The minimum absolute atomic E-state index is 0.0835. The van der Waals surface area contributed by atoms with E-state index in [0.717, 1.165) is 22.7 Å². The van der Waals surface area contributed by atoms with Crippen LogP contribution in [0.1, 0.15) is 51.7 Å². The molecule has 1 aromatic heterocycles. The summed E-state index contributed by atoms with van der Waals surface area (Å²) < 4.78 is 2.50. The van der Waals surface area contributed by atoms with E-state index in [2.05, 4.69) is 243 Å². The zero-order valence-electron chi connectivity index (χ0n) is 35.9. The van der Waals surface area contributed by atoms with Crippen LogP contribution in [-0.2, 0) is 10.8 Å². The highest BCUT2D eigenvalue weighted by atomic mass is 15.1. The fraction of sp³-hybridized carbons (Fsp3) is 0.133. The van der Waals surface area contributed by atoms with Gasteiger partial charge in [0.1, 0.15) is 0 Å². The van der Waals surface area contributed by atoms with Crippen molar-refractivity contribution in [2.24, 2.45) is 0 Å². The molecule has 1 aliphatic rings. The lowest BCUT2D eigenvalue weighted by molar-refractivity contribution is 0.333. The number of benzene rings is 9. The van der Waals surface area contributed by atoms with Gasteiger partial charge in [0.15, 0.2) is 0 Å². The first-order valence-electron chi connectivity index (χ1n) is 22.1. The van der Waals surface area contributed by atoms with Crippen molar-refractivity contribution in [3.63, 3.8) is 0 Å². The molecule has 0 saturated heterocycles. The molecule has 0 bridgehead atoms. The smallest absolute Gasteiger partial charge is 0.0562 e. The van der Waals surface area contributed by atoms with Gasteiger partial charge in [-0.15, -0.1) is 0 Å². The third-order valence-corrected chi connectivity index (χ3v) is 13.6. The highest BCUT2D eigenvalue weighted by molar-refractivity contribution is 6.21. The van der Waals surface area contributed by atoms with Gasteiger partial charge in [-0.2, -0.15) is 0 Å². The maximum absolute atomic E-state index is 2.50. The Morgan fingerprint density at radius 1 is 0.403 bits per heavy atom. The zero-order valence-corrected chi connectivity index (χ0v) is 35.9. The SMILES string of the molecule is CC1(C)CCC(C)(C)c2c(-c3cccc(-n4c5cc(N(c6ccc(-c7ccccc7)cc6)c6ccc(-c7ccccc7)cc6)ccc5c5c6ccccc6ccc54)c3)cccc21. The van der Waals surface area contributed by atoms with Gasteiger partial charge in [0.25, 0.3) is 0 Å². The van der Waals surface area contributed by atoms with Gasteiger partial charge in [0.2, 0.25) is 0 Å². The maximum atomic E-state index is 2.50. The summed E-state index contributed by atoms with van der Waals surface area (Å²) in [6.07, 6.45) is 2.37. The van der Waals surface area contributed by atoms with Crippen LogP contribution in [0.4, 0.5) is 17.1 Å². The Hall–Kier alpha value is -7.16. The van der Waals surface area contributed by atoms with Crippen LogP contribution in [0.15, 0.2) is 206 Å². The first-order chi connectivity index (χ1) is 30.2. The zero-order chi connectivity index (χ0) is 42.0. The predicted octanol–water partition coefficient (Wildman–Crippen LogP) is 16.8. The summed E-state index contributed by atoms with van der Waals surface area (Å²) in [6, 6.07) is 76.0. The van der Waals surface area contributed by atoms with Crippen molar-refractivity contribution in [2.75, 3.05) is 4.90 Å². The van der Waals surface area contributed by atoms with Crippen LogP contribution in [0.25, 0.3) is 71.6 Å². The van der Waals surface area contributed by atoms with E-state index in [1.807, 2.05) is 0 Å². The number of anilines is 3. The summed E-state index contributed by atoms with van der Waals surface area (Å²) >= 11 is 0. The number of hydrogen-bond acceptors (Lipinski definition) is 1. The Kier molecular flexibility index (Phi) is 9.02. The van der Waals surface area contributed by atoms with Gasteiger partial charge in [-0.3, -0.25) is 0 Å². The first kappa shape index (κ1) is 37.8. The average Bonchev–Trinajstić information content (AvgIpc) is 3.66. The Bertz CT molecular complexity index is 3180. The van der Waals surface area contributed by atoms with Gasteiger partial charge in [-0.25, -0.2) is 0 Å². The number of aromatic nitrogens is 1. The van der Waals surface area contributed by atoms with Gasteiger partial charge in [0.05, 0.1) is 11.0 Å². The second kappa shape index (κ2) is 14.8. The molecule has 2 heteroatoms. The summed E-state index contributed by atoms with van der Waals surface area (Å²) in [4.78, 5) is 2.40. The molecule has 11 rings (SSSR count). The van der Waals surface area contributed by atoms with E-state index in [1.54, 1.807) is 0 Å². The quantitative estimate of drug-likeness (QED) is 0.156. The Balaban J connectivity index is 1.12. The fourth-order valence-electron chi connectivity index (χ4n) is 10.3. The monoisotopic (exact) mass is 798 g/mol. The van der Waals surface area contributed by atoms with Crippen molar-refractivity contribution in [1.29, 1.82) is 0 Å². The van der Waals surface area contributed by atoms with E-state index in [9.17, 15) is 0 Å². The van der Waals surface area contributed by atoms with E-state index in [-0.39, 0.29) is 10.8 Å². The minimum Gasteiger partial charge on any atom is -0.310 e. The molecule has 10 aromatic rings. The van der Waals surface area contributed by atoms with E-state index in [0.29, 0.717) is 0 Å². The Morgan fingerprint density at radius 2 is 0.968 bits per heavy atom. The molecule has 0 radical (unpaired) electrons. The maximum Gasteiger partial charge on any atom is 0.0562 e. The Labute approximate surface area is 365 Å². The summed E-state index contributed by atoms with van der Waals surface area (Å²) in [5.41, 5.74) is 17.5. The van der Waals surface area contributed by atoms with Crippen LogP contribution >= 0.6 is 0 Å². The molecule has 9 aromatic carbocycles. The van der Waals surface area contributed by atoms with E-state index in [4.69, 9.17) is 0 Å². The highest BCUT2D eigenvalue weighted by Gasteiger charge is 2.38. The summed E-state index contributed by atoms with van der Waals surface area (Å²) in [7, 11) is 0. The van der Waals surface area contributed by atoms with Crippen LogP contribution in [0.3, 0.4) is 0 Å². The molecule has 0 atom stereocenters. The van der Waals surface area contributed by atoms with Crippen LogP contribution in [0, 0.1) is 0 Å². The van der Waals surface area contributed by atoms with E-state index >= 15 is 0 Å². The lowest BCUT2D eigenvalue weighted by Crippen LogP contribution is -2.34. The molecule has 2 nitrogen and oxygen atoms in total. The second-order valence-corrected chi connectivity index (χ2v) is 18.4. The molecule has 0 aliphatic heterocycles. The second-order valence-electron chi connectivity index (χ2n) is 18.4. The summed E-state index contributed by atoms with van der Waals surface area (Å²) in [5.74, 6) is 0. The molecule has 0 N–H and O–H groups in total. The standard InChI is InChI=1S/C60H50N2/c1-59(2)37-38-60(3,4)58-52(23-14-24-54(58)59)46-20-13-21-49(39-46)62-55-36-29-45-19-11-12-22-51(45)57(55)53-35-34-50(40-56(53)62)61(47-30-25-43(26-31-47)41-15-7-5-8-16-41)48-32-27-44(28-33-48)42-17-9-6-10-18-42/h5-36,39-40H,37-38H2,1-4H3. The van der Waals surface area contributed by atoms with Crippen LogP contribution in [-0.4, -0.2) is 4.57 Å². The number of nitrogens with zero attached hydrogens (tertiary/aromatic N) is 2. The van der Waals surface area contributed by atoms with Crippen molar-refractivity contribution in [3.8, 4) is 39.1 Å². The number of fused-ring (bicyclic) bond motifs is 6. The highest BCUT2D eigenvalue weighted by Crippen LogP contribution is 2.50. The third kappa shape index (κ3) is 6.41. The molecule has 0 spiro atoms. The molecular weight excluding hydrogens is 749 g/mol. The average molecular weight is 799 g/mol. The predicted molar refractivity (Wildman–Crippen MR) is 265 cm³/mol. The van der Waals surface area contributed by atoms with Crippen molar-refractivity contribution < 1.29 is 0 Å². The van der Waals surface area contributed by atoms with Gasteiger partial charge < -0.3 is 9.47 Å². The molecule has 0 saturated carbocycles. The van der Waals surface area contributed by atoms with E-state index < -0.39 is 0 Å². The van der Waals surface area contributed by atoms with Gasteiger partial charge >= 0.3 is 0 Å². The van der Waals surface area contributed by atoms with Crippen molar-refractivity contribution in [3.05, 3.63) is 217 Å². The van der Waals surface area contributed by atoms with Crippen LogP contribution in [0.5, 0.6) is 0 Å². The number of rotatable bonds is 7. The van der Waals surface area contributed by atoms with Gasteiger partial charge in [-0.1, -0.05) is 179 Å². The van der Waals surface area contributed by atoms with Crippen molar-refractivity contribution in [1.82, 2.24) is 4.57 Å². The summed E-state index contributed by atoms with van der Waals surface area (Å²) in [6.45, 7) is 9.70. The molecule has 0 amide bonds. The van der Waals surface area contributed by atoms with E-state index in [1.165, 1.54) is 89.9 Å². The molecular formula is C60H50N2. The number of hydrogen-bond donors (Lipinski definition) is 0. The molecule has 0 fully saturated rings. The van der Waals surface area contributed by atoms with Gasteiger partial charge in [0, 0.05) is 33.5 Å². The van der Waals surface area contributed by atoms with Crippen LogP contribution in [0.2, 0.25) is 0 Å². The third-order valence-electron chi connectivity index (χ3n) is 13.6. The lowest BCUT2D eigenvalue weighted by Gasteiger charge is -2.43. The largest absolute Gasteiger partial charge is 0.310 e. The van der Waals surface area contributed by atoms with Crippen molar-refractivity contribution >= 4 is 49.6 Å². The molecule has 62 heavy (non-hydrogen) atoms. The summed E-state index contributed by atoms with van der Waals surface area (Å²) in [5, 5.41) is 5.03. The minimum atomic E-state index is 0.0835. The molecule has 1 heterocycles. The molecule has 0 unspecified atom stereocenters. The topological polar surface area (TPSA) is 8.17 Å². The van der Waals surface area contributed by atoms with Crippen molar-refractivity contribution in [2.45, 2.75) is 51.4 Å². The fourth-order valence-corrected chi connectivity index (χ4v) is 10.3. The van der Waals surface area contributed by atoms with Gasteiger partial charge in [-0.05, 0) is 134 Å². The van der Waals surface area contributed by atoms with Crippen LogP contribution < -0.4 is 4.90 Å².